The van der Waals surface area contributed by atoms with Crippen LogP contribution in [-0.2, 0) is 10.1 Å². The van der Waals surface area contributed by atoms with Crippen molar-refractivity contribution in [2.24, 2.45) is 0 Å². The molecule has 0 spiro atoms. The van der Waals surface area contributed by atoms with Gasteiger partial charge in [0.15, 0.2) is 0 Å². The lowest BCUT2D eigenvalue weighted by molar-refractivity contribution is -0.115. The highest BCUT2D eigenvalue weighted by Gasteiger charge is 2.42. The summed E-state index contributed by atoms with van der Waals surface area (Å²) < 4.78 is 30.1. The van der Waals surface area contributed by atoms with E-state index in [1.54, 1.807) is 0 Å². The number of aliphatic hydroxyl groups excluding tert-OH is 4. The monoisotopic (exact) mass is 259 g/mol. The van der Waals surface area contributed by atoms with Crippen molar-refractivity contribution in [3.8, 4) is 0 Å². The number of hydrogen-bond acceptors (Lipinski definition) is 7. The molecule has 0 aliphatic heterocycles. The van der Waals surface area contributed by atoms with E-state index < -0.39 is 41.2 Å². The first kappa shape index (κ1) is 15.7. The lowest BCUT2D eigenvalue weighted by Gasteiger charge is -2.40. The van der Waals surface area contributed by atoms with Gasteiger partial charge in [0.1, 0.15) is 0 Å². The van der Waals surface area contributed by atoms with E-state index >= 15 is 0 Å². The highest BCUT2D eigenvalue weighted by Crippen LogP contribution is 2.22. The van der Waals surface area contributed by atoms with Crippen LogP contribution in [-0.4, -0.2) is 69.3 Å². The van der Waals surface area contributed by atoms with Crippen LogP contribution in [0.5, 0.6) is 0 Å². The highest BCUT2D eigenvalue weighted by molar-refractivity contribution is 7.86. The molecule has 0 aromatic carbocycles. The number of aliphatic hydroxyl groups is 4. The first-order valence-corrected chi connectivity index (χ1v) is 6.03. The van der Waals surface area contributed by atoms with Crippen LogP contribution in [0.1, 0.15) is 13.3 Å². The van der Waals surface area contributed by atoms with E-state index in [1.807, 2.05) is 0 Å². The summed E-state index contributed by atoms with van der Waals surface area (Å²) in [6, 6.07) is 0. The van der Waals surface area contributed by atoms with E-state index in [9.17, 15) is 13.5 Å². The van der Waals surface area contributed by atoms with Crippen molar-refractivity contribution in [2.75, 3.05) is 19.9 Å². The Morgan fingerprint density at radius 3 is 1.88 bits per heavy atom. The second-order valence-corrected chi connectivity index (χ2v) is 4.80. The summed E-state index contributed by atoms with van der Waals surface area (Å²) in [6.45, 7) is -0.804. The van der Waals surface area contributed by atoms with Crippen LogP contribution < -0.4 is 0 Å². The predicted octanol–water partition coefficient (Wildman–Crippen LogP) is -2.46. The SMILES string of the molecule is CCC(CO)(CO)N(CO)C(O)S(=O)(=O)O. The largest absolute Gasteiger partial charge is 0.394 e. The Labute approximate surface area is 93.5 Å². The molecule has 0 aliphatic rings. The van der Waals surface area contributed by atoms with Gasteiger partial charge in [0.05, 0.1) is 25.5 Å². The molecule has 1 unspecified atom stereocenters. The average Bonchev–Trinajstić information content (AvgIpc) is 2.24. The van der Waals surface area contributed by atoms with E-state index in [0.29, 0.717) is 4.90 Å². The third-order valence-corrected chi connectivity index (χ3v) is 3.33. The molecule has 5 N–H and O–H groups in total. The van der Waals surface area contributed by atoms with Crippen LogP contribution in [0.15, 0.2) is 0 Å². The van der Waals surface area contributed by atoms with E-state index in [-0.39, 0.29) is 6.42 Å². The molecule has 98 valence electrons. The molecule has 0 bridgehead atoms. The fourth-order valence-electron chi connectivity index (χ4n) is 1.27. The second kappa shape index (κ2) is 5.87. The molecule has 1 atom stereocenters. The van der Waals surface area contributed by atoms with Gasteiger partial charge < -0.3 is 20.4 Å². The van der Waals surface area contributed by atoms with Crippen LogP contribution in [0, 0.1) is 0 Å². The van der Waals surface area contributed by atoms with Gasteiger partial charge in [0.2, 0.25) is 5.56 Å². The lowest BCUT2D eigenvalue weighted by Crippen LogP contribution is -2.60. The first-order valence-electron chi connectivity index (χ1n) is 4.52. The molecule has 0 rings (SSSR count). The van der Waals surface area contributed by atoms with Crippen LogP contribution in [0.25, 0.3) is 0 Å². The summed E-state index contributed by atoms with van der Waals surface area (Å²) >= 11 is 0. The van der Waals surface area contributed by atoms with E-state index in [0.717, 1.165) is 0 Å². The molecule has 0 fully saturated rings. The zero-order valence-corrected chi connectivity index (χ0v) is 9.63. The van der Waals surface area contributed by atoms with Crippen molar-refractivity contribution in [1.82, 2.24) is 4.90 Å². The maximum atomic E-state index is 10.7. The highest BCUT2D eigenvalue weighted by atomic mass is 32.2. The van der Waals surface area contributed by atoms with Gasteiger partial charge in [0.25, 0.3) is 0 Å². The molecule has 0 aromatic rings. The van der Waals surface area contributed by atoms with Gasteiger partial charge in [-0.1, -0.05) is 6.92 Å². The van der Waals surface area contributed by atoms with Gasteiger partial charge in [-0.25, -0.2) is 4.90 Å². The van der Waals surface area contributed by atoms with Crippen molar-refractivity contribution in [3.05, 3.63) is 0 Å². The van der Waals surface area contributed by atoms with Crippen molar-refractivity contribution in [3.63, 3.8) is 0 Å². The zero-order valence-electron chi connectivity index (χ0n) is 8.81. The fourth-order valence-corrected chi connectivity index (χ4v) is 1.89. The quantitative estimate of drug-likeness (QED) is 0.250. The van der Waals surface area contributed by atoms with Crippen molar-refractivity contribution < 1.29 is 33.4 Å². The van der Waals surface area contributed by atoms with Gasteiger partial charge in [-0.3, -0.25) is 4.55 Å². The van der Waals surface area contributed by atoms with Crippen LogP contribution in [0.3, 0.4) is 0 Å². The zero-order chi connectivity index (χ0) is 13.0. The van der Waals surface area contributed by atoms with Crippen LogP contribution in [0.4, 0.5) is 0 Å². The van der Waals surface area contributed by atoms with Crippen molar-refractivity contribution >= 4 is 10.1 Å². The third-order valence-electron chi connectivity index (χ3n) is 2.54. The topological polar surface area (TPSA) is 139 Å². The molecule has 9 heteroatoms. The fraction of sp³-hybridized carbons (Fsp3) is 1.00. The second-order valence-electron chi connectivity index (χ2n) is 3.35. The summed E-state index contributed by atoms with van der Waals surface area (Å²) in [6.07, 6.45) is 0.0626. The Morgan fingerprint density at radius 1 is 1.25 bits per heavy atom. The Balaban J connectivity index is 5.25. The Morgan fingerprint density at radius 2 is 1.69 bits per heavy atom. The Bertz CT molecular complexity index is 292. The summed E-state index contributed by atoms with van der Waals surface area (Å²) in [5.74, 6) is 0. The Hall–Kier alpha value is -0.290. The molecule has 0 radical (unpaired) electrons. The third kappa shape index (κ3) is 3.10. The summed E-state index contributed by atoms with van der Waals surface area (Å²) in [4.78, 5) is 0.502. The average molecular weight is 259 g/mol. The normalized spacial score (nSPS) is 15.4. The summed E-state index contributed by atoms with van der Waals surface area (Å²) in [5, 5.41) is 36.4. The summed E-state index contributed by atoms with van der Waals surface area (Å²) in [5.41, 5.74) is -3.93. The van der Waals surface area contributed by atoms with Gasteiger partial charge in [0, 0.05) is 0 Å². The summed E-state index contributed by atoms with van der Waals surface area (Å²) in [7, 11) is -4.83. The maximum absolute atomic E-state index is 10.7. The molecule has 0 aliphatic carbocycles. The van der Waals surface area contributed by atoms with Gasteiger partial charge in [-0.2, -0.15) is 8.42 Å². The standard InChI is InChI=1S/C7H17NO7S/c1-2-7(3-9,4-10)8(5-11)6(12)16(13,14)15/h6,9-12H,2-5H2,1H3,(H,13,14,15). The van der Waals surface area contributed by atoms with Crippen LogP contribution in [0.2, 0.25) is 0 Å². The maximum Gasteiger partial charge on any atom is 0.306 e. The first-order chi connectivity index (χ1) is 7.29. The van der Waals surface area contributed by atoms with Crippen molar-refractivity contribution in [1.29, 1.82) is 0 Å². The van der Waals surface area contributed by atoms with Crippen LogP contribution >= 0.6 is 0 Å². The molecule has 0 heterocycles. The van der Waals surface area contributed by atoms with E-state index in [2.05, 4.69) is 0 Å². The van der Waals surface area contributed by atoms with E-state index in [1.165, 1.54) is 6.92 Å². The minimum absolute atomic E-state index is 0.0626. The van der Waals surface area contributed by atoms with E-state index in [4.69, 9.17) is 19.9 Å². The molecule has 8 nitrogen and oxygen atoms in total. The molecule has 16 heavy (non-hydrogen) atoms. The molecular formula is C7H17NO7S. The van der Waals surface area contributed by atoms with Gasteiger partial charge >= 0.3 is 10.1 Å². The predicted molar refractivity (Wildman–Crippen MR) is 53.7 cm³/mol. The smallest absolute Gasteiger partial charge is 0.306 e. The molecule has 0 aromatic heterocycles. The molecular weight excluding hydrogens is 242 g/mol. The van der Waals surface area contributed by atoms with Crippen molar-refractivity contribution in [2.45, 2.75) is 24.4 Å². The van der Waals surface area contributed by atoms with Gasteiger partial charge in [-0.05, 0) is 6.42 Å². The minimum atomic E-state index is -4.83. The number of nitrogens with zero attached hydrogens (tertiary/aromatic N) is 1. The van der Waals surface area contributed by atoms with Gasteiger partial charge in [-0.15, -0.1) is 0 Å². The minimum Gasteiger partial charge on any atom is -0.394 e. The molecule has 0 saturated heterocycles. The Kier molecular flexibility index (Phi) is 5.76. The number of hydrogen-bond donors (Lipinski definition) is 5. The number of rotatable bonds is 7. The molecule has 0 amide bonds. The molecule has 0 saturated carbocycles. The lowest BCUT2D eigenvalue weighted by atomic mass is 9.97.